The van der Waals surface area contributed by atoms with Crippen LogP contribution in [0.25, 0.3) is 11.0 Å². The molecule has 11 heteroatoms. The van der Waals surface area contributed by atoms with Crippen LogP contribution in [0.3, 0.4) is 0 Å². The van der Waals surface area contributed by atoms with Gasteiger partial charge in [0.2, 0.25) is 0 Å². The van der Waals surface area contributed by atoms with E-state index in [0.717, 1.165) is 25.7 Å². The smallest absolute Gasteiger partial charge is 0.263 e. The number of anilines is 1. The molecule has 3 fully saturated rings. The van der Waals surface area contributed by atoms with Crippen molar-refractivity contribution < 1.29 is 24.1 Å². The van der Waals surface area contributed by atoms with Crippen molar-refractivity contribution in [3.05, 3.63) is 52.6 Å². The van der Waals surface area contributed by atoms with Crippen molar-refractivity contribution in [2.75, 3.05) is 25.6 Å². The largest absolute Gasteiger partial charge is 0.495 e. The van der Waals surface area contributed by atoms with E-state index in [1.54, 1.807) is 31.5 Å². The highest BCUT2D eigenvalue weighted by Crippen LogP contribution is 2.42. The van der Waals surface area contributed by atoms with Gasteiger partial charge < -0.3 is 29.2 Å². The van der Waals surface area contributed by atoms with E-state index < -0.39 is 11.8 Å². The molecule has 1 amide bonds. The van der Waals surface area contributed by atoms with Crippen LogP contribution >= 0.6 is 0 Å². The summed E-state index contributed by atoms with van der Waals surface area (Å²) in [5.41, 5.74) is 1.24. The standard InChI is InChI=1S/C26H29N5O6/c1-35-18-10-20-19(27-11-18)3-5-23(33)30(20)13-24(34)31(26-8-6-17(7-9-26)37-15-26)12-16-2-4-21-25(28-16)29-22(32)14-36-21/h2-5,10-11,17,24,34H,6-9,12-15H2,1H3,(H,28,29,32). The lowest BCUT2D eigenvalue weighted by Gasteiger charge is -2.53. The van der Waals surface area contributed by atoms with Gasteiger partial charge >= 0.3 is 0 Å². The van der Waals surface area contributed by atoms with Gasteiger partial charge in [0.05, 0.1) is 49.3 Å². The van der Waals surface area contributed by atoms with E-state index in [1.807, 2.05) is 11.0 Å². The maximum atomic E-state index is 12.9. The summed E-state index contributed by atoms with van der Waals surface area (Å²) < 4.78 is 18.4. The number of hydrogen-bond donors (Lipinski definition) is 2. The molecule has 1 atom stereocenters. The predicted octanol–water partition coefficient (Wildman–Crippen LogP) is 1.66. The molecule has 4 aliphatic rings. The van der Waals surface area contributed by atoms with Gasteiger partial charge in [-0.1, -0.05) is 0 Å². The predicted molar refractivity (Wildman–Crippen MR) is 133 cm³/mol. The fourth-order valence-electron chi connectivity index (χ4n) is 5.65. The van der Waals surface area contributed by atoms with Crippen molar-refractivity contribution in [1.29, 1.82) is 0 Å². The maximum absolute atomic E-state index is 12.9. The van der Waals surface area contributed by atoms with Gasteiger partial charge in [-0.15, -0.1) is 0 Å². The van der Waals surface area contributed by atoms with Crippen LogP contribution in [-0.4, -0.2) is 68.6 Å². The number of methoxy groups -OCH3 is 1. The summed E-state index contributed by atoms with van der Waals surface area (Å²) in [5.74, 6) is 1.15. The first kappa shape index (κ1) is 23.8. The lowest BCUT2D eigenvalue weighted by atomic mass is 9.76. The van der Waals surface area contributed by atoms with Crippen LogP contribution in [0.1, 0.15) is 31.4 Å². The molecule has 2 N–H and O–H groups in total. The molecule has 1 unspecified atom stereocenters. The minimum Gasteiger partial charge on any atom is -0.495 e. The second-order valence-electron chi connectivity index (χ2n) is 9.89. The molecule has 37 heavy (non-hydrogen) atoms. The van der Waals surface area contributed by atoms with E-state index in [4.69, 9.17) is 14.2 Å². The summed E-state index contributed by atoms with van der Waals surface area (Å²) in [4.78, 5) is 35.8. The minimum absolute atomic E-state index is 0.0288. The van der Waals surface area contributed by atoms with Crippen LogP contribution in [0.2, 0.25) is 0 Å². The third-order valence-electron chi connectivity index (χ3n) is 7.68. The summed E-state index contributed by atoms with van der Waals surface area (Å²) in [5, 5.41) is 14.5. The highest BCUT2D eigenvalue weighted by atomic mass is 16.5. The molecule has 3 aromatic heterocycles. The molecular weight excluding hydrogens is 478 g/mol. The number of aliphatic hydroxyl groups excluding tert-OH is 1. The first-order valence-electron chi connectivity index (χ1n) is 12.5. The molecule has 0 aromatic carbocycles. The number of carbonyl (C=O) groups is 1. The van der Waals surface area contributed by atoms with E-state index in [9.17, 15) is 14.7 Å². The molecule has 3 aliphatic heterocycles. The minimum atomic E-state index is -1.02. The van der Waals surface area contributed by atoms with E-state index in [-0.39, 0.29) is 30.7 Å². The Balaban J connectivity index is 1.36. The molecule has 6 heterocycles. The van der Waals surface area contributed by atoms with E-state index in [2.05, 4.69) is 15.3 Å². The van der Waals surface area contributed by atoms with E-state index in [1.165, 1.54) is 10.6 Å². The van der Waals surface area contributed by atoms with E-state index in [0.29, 0.717) is 47.2 Å². The molecule has 1 saturated carbocycles. The van der Waals surface area contributed by atoms with Crippen molar-refractivity contribution in [2.45, 2.75) is 56.6 Å². The Morgan fingerprint density at radius 3 is 2.86 bits per heavy atom. The molecular formula is C26H29N5O6. The average Bonchev–Trinajstić information content (AvgIpc) is 2.93. The maximum Gasteiger partial charge on any atom is 0.263 e. The zero-order chi connectivity index (χ0) is 25.6. The number of ether oxygens (including phenoxy) is 3. The summed E-state index contributed by atoms with van der Waals surface area (Å²) in [6, 6.07) is 8.49. The Hall–Kier alpha value is -3.54. The van der Waals surface area contributed by atoms with Gasteiger partial charge in [0.1, 0.15) is 12.0 Å². The summed E-state index contributed by atoms with van der Waals surface area (Å²) >= 11 is 0. The highest BCUT2D eigenvalue weighted by molar-refractivity contribution is 5.94. The summed E-state index contributed by atoms with van der Waals surface area (Å²) in [7, 11) is 1.54. The number of pyridine rings is 3. The lowest BCUT2D eigenvalue weighted by Crippen LogP contribution is -2.62. The van der Waals surface area contributed by atoms with Crippen LogP contribution in [0, 0.1) is 0 Å². The number of hydrogen-bond acceptors (Lipinski definition) is 9. The molecule has 7 rings (SSSR count). The highest BCUT2D eigenvalue weighted by Gasteiger charge is 2.47. The first-order valence-corrected chi connectivity index (χ1v) is 12.5. The zero-order valence-corrected chi connectivity index (χ0v) is 20.6. The SMILES string of the molecule is COc1cnc2ccc(=O)n(CC(O)N(Cc3ccc4c(n3)NC(=O)CO4)C34CCC(CC3)OC4)c2c1. The molecule has 11 nitrogen and oxygen atoms in total. The van der Waals surface area contributed by atoms with Crippen molar-refractivity contribution >= 4 is 22.8 Å². The third-order valence-corrected chi connectivity index (χ3v) is 7.68. The number of nitrogens with one attached hydrogen (secondary N) is 1. The van der Waals surface area contributed by atoms with Crippen LogP contribution in [0.5, 0.6) is 11.5 Å². The number of carbonyl (C=O) groups excluding carboxylic acids is 1. The van der Waals surface area contributed by atoms with Gasteiger partial charge in [0, 0.05) is 24.2 Å². The number of fused-ring (bicyclic) bond motifs is 5. The molecule has 1 aliphatic carbocycles. The molecule has 0 radical (unpaired) electrons. The number of amides is 1. The van der Waals surface area contributed by atoms with Gasteiger partial charge in [-0.2, -0.15) is 0 Å². The van der Waals surface area contributed by atoms with Gasteiger partial charge in [-0.05, 0) is 43.9 Å². The van der Waals surface area contributed by atoms with Gasteiger partial charge in [-0.25, -0.2) is 4.98 Å². The fraction of sp³-hybridized carbons (Fsp3) is 0.462. The van der Waals surface area contributed by atoms with Crippen LogP contribution < -0.4 is 20.3 Å². The van der Waals surface area contributed by atoms with Gasteiger partial charge in [-0.3, -0.25) is 19.5 Å². The Labute approximate surface area is 213 Å². The molecule has 194 valence electrons. The summed E-state index contributed by atoms with van der Waals surface area (Å²) in [6.45, 7) is 0.791. The van der Waals surface area contributed by atoms with Crippen LogP contribution in [-0.2, 0) is 22.6 Å². The van der Waals surface area contributed by atoms with Gasteiger partial charge in [0.15, 0.2) is 18.2 Å². The van der Waals surface area contributed by atoms with E-state index >= 15 is 0 Å². The van der Waals surface area contributed by atoms with Crippen LogP contribution in [0.15, 0.2) is 41.3 Å². The Morgan fingerprint density at radius 1 is 1.27 bits per heavy atom. The number of aliphatic hydroxyl groups is 1. The van der Waals surface area contributed by atoms with Crippen molar-refractivity contribution in [3.8, 4) is 11.5 Å². The van der Waals surface area contributed by atoms with Crippen LogP contribution in [0.4, 0.5) is 5.82 Å². The molecule has 3 aromatic rings. The Morgan fingerprint density at radius 2 is 2.11 bits per heavy atom. The van der Waals surface area contributed by atoms with Crippen molar-refractivity contribution in [1.82, 2.24) is 19.4 Å². The second-order valence-corrected chi connectivity index (χ2v) is 9.89. The fourth-order valence-corrected chi connectivity index (χ4v) is 5.65. The van der Waals surface area contributed by atoms with Crippen molar-refractivity contribution in [2.24, 2.45) is 0 Å². The first-order chi connectivity index (χ1) is 17.9. The lowest BCUT2D eigenvalue weighted by molar-refractivity contribution is -0.182. The second kappa shape index (κ2) is 9.40. The Kier molecular flexibility index (Phi) is 6.06. The normalized spacial score (nSPS) is 23.4. The average molecular weight is 508 g/mol. The monoisotopic (exact) mass is 507 g/mol. The number of aromatic nitrogens is 3. The van der Waals surface area contributed by atoms with Gasteiger partial charge in [0.25, 0.3) is 11.5 Å². The molecule has 0 spiro atoms. The molecule has 2 bridgehead atoms. The number of rotatable bonds is 7. The zero-order valence-electron chi connectivity index (χ0n) is 20.6. The summed E-state index contributed by atoms with van der Waals surface area (Å²) in [6.07, 6.45) is 4.42. The van der Waals surface area contributed by atoms with Crippen molar-refractivity contribution in [3.63, 3.8) is 0 Å². The Bertz CT molecular complexity index is 1390. The topological polar surface area (TPSA) is 128 Å². The number of nitrogens with zero attached hydrogens (tertiary/aromatic N) is 4. The molecule has 2 saturated heterocycles. The third kappa shape index (κ3) is 4.43. The quantitative estimate of drug-likeness (QED) is 0.459.